The number of nitrogens with one attached hydrogen (secondary N) is 2. The molecule has 0 spiro atoms. The number of hydrogen-bond acceptors (Lipinski definition) is 3. The molecular weight excluding hydrogens is 364 g/mol. The predicted octanol–water partition coefficient (Wildman–Crippen LogP) is 3.28. The summed E-state index contributed by atoms with van der Waals surface area (Å²) in [7, 11) is 3.49. The van der Waals surface area contributed by atoms with Gasteiger partial charge >= 0.3 is 6.03 Å². The van der Waals surface area contributed by atoms with E-state index in [1.807, 2.05) is 42.5 Å². The minimum absolute atomic E-state index is 0.0531. The number of hydrogen-bond donors (Lipinski definition) is 2. The molecule has 3 rings (SSSR count). The van der Waals surface area contributed by atoms with Crippen molar-refractivity contribution in [3.8, 4) is 0 Å². The normalized spacial score (nSPS) is 15.0. The molecule has 6 heteroatoms. The fourth-order valence-corrected chi connectivity index (χ4v) is 3.59. The van der Waals surface area contributed by atoms with Crippen molar-refractivity contribution in [2.45, 2.75) is 25.3 Å². The molecule has 0 saturated carbocycles. The number of anilines is 1. The zero-order valence-corrected chi connectivity index (χ0v) is 17.2. The first-order valence-electron chi connectivity index (χ1n) is 10.2. The van der Waals surface area contributed by atoms with E-state index in [4.69, 9.17) is 0 Å². The van der Waals surface area contributed by atoms with Gasteiger partial charge in [0.05, 0.1) is 12.5 Å². The number of likely N-dealkylation sites (N-methyl/N-ethyl adjacent to an activating group) is 1. The van der Waals surface area contributed by atoms with Crippen LogP contribution in [0.25, 0.3) is 0 Å². The van der Waals surface area contributed by atoms with Crippen LogP contribution in [0.15, 0.2) is 54.6 Å². The third-order valence-electron chi connectivity index (χ3n) is 5.29. The highest BCUT2D eigenvalue weighted by Gasteiger charge is 2.23. The van der Waals surface area contributed by atoms with E-state index in [1.165, 1.54) is 18.4 Å². The fraction of sp³-hybridized carbons (Fsp3) is 0.391. The number of amides is 3. The van der Waals surface area contributed by atoms with Gasteiger partial charge < -0.3 is 15.5 Å². The lowest BCUT2D eigenvalue weighted by atomic mass is 10.1. The lowest BCUT2D eigenvalue weighted by Gasteiger charge is -2.28. The monoisotopic (exact) mass is 394 g/mol. The highest BCUT2D eigenvalue weighted by atomic mass is 16.2. The average Bonchev–Trinajstić information content (AvgIpc) is 3.25. The van der Waals surface area contributed by atoms with Crippen LogP contribution in [0, 0.1) is 0 Å². The zero-order valence-electron chi connectivity index (χ0n) is 17.2. The molecule has 1 atom stereocenters. The Balaban J connectivity index is 1.54. The zero-order chi connectivity index (χ0) is 20.6. The Labute approximate surface area is 172 Å². The maximum Gasteiger partial charge on any atom is 0.319 e. The molecule has 2 aromatic carbocycles. The van der Waals surface area contributed by atoms with E-state index in [-0.39, 0.29) is 18.0 Å². The molecule has 6 nitrogen and oxygen atoms in total. The molecule has 2 N–H and O–H groups in total. The third-order valence-corrected chi connectivity index (χ3v) is 5.29. The Kier molecular flexibility index (Phi) is 7.25. The van der Waals surface area contributed by atoms with Crippen molar-refractivity contribution in [1.29, 1.82) is 0 Å². The summed E-state index contributed by atoms with van der Waals surface area (Å²) in [6, 6.07) is 17.7. The lowest BCUT2D eigenvalue weighted by molar-refractivity contribution is -0.127. The molecular formula is C23H30N4O2. The van der Waals surface area contributed by atoms with Crippen LogP contribution in [0.1, 0.15) is 30.0 Å². The molecule has 2 aromatic rings. The van der Waals surface area contributed by atoms with Gasteiger partial charge in [-0.3, -0.25) is 9.69 Å². The third kappa shape index (κ3) is 6.06. The van der Waals surface area contributed by atoms with E-state index in [9.17, 15) is 9.59 Å². The summed E-state index contributed by atoms with van der Waals surface area (Å²) in [6.07, 6.45) is 2.77. The van der Waals surface area contributed by atoms with Gasteiger partial charge in [-0.25, -0.2) is 4.79 Å². The Morgan fingerprint density at radius 3 is 2.28 bits per heavy atom. The Morgan fingerprint density at radius 2 is 1.66 bits per heavy atom. The first kappa shape index (κ1) is 20.9. The first-order chi connectivity index (χ1) is 14.0. The van der Waals surface area contributed by atoms with E-state index in [2.05, 4.69) is 27.7 Å². The summed E-state index contributed by atoms with van der Waals surface area (Å²) in [5, 5.41) is 5.89. The summed E-state index contributed by atoms with van der Waals surface area (Å²) >= 11 is 0. The van der Waals surface area contributed by atoms with Crippen molar-refractivity contribution in [2.75, 3.05) is 39.0 Å². The molecule has 1 fully saturated rings. The van der Waals surface area contributed by atoms with E-state index in [0.29, 0.717) is 18.7 Å². The first-order valence-corrected chi connectivity index (χ1v) is 10.2. The van der Waals surface area contributed by atoms with Gasteiger partial charge in [0, 0.05) is 26.3 Å². The number of carbonyl (C=O) groups excluding carboxylic acids is 2. The number of benzene rings is 2. The molecule has 154 valence electrons. The van der Waals surface area contributed by atoms with Crippen LogP contribution in [0.4, 0.5) is 10.5 Å². The average molecular weight is 395 g/mol. The van der Waals surface area contributed by atoms with Gasteiger partial charge in [0.1, 0.15) is 0 Å². The van der Waals surface area contributed by atoms with Crippen LogP contribution in [-0.2, 0) is 11.2 Å². The molecule has 0 aliphatic carbocycles. The SMILES string of the molecule is CN(C)C(=O)Cc1ccc(NC(=O)NCC(c2ccccc2)N2CCCC2)cc1. The number of urea groups is 1. The second kappa shape index (κ2) is 10.1. The van der Waals surface area contributed by atoms with E-state index >= 15 is 0 Å². The number of carbonyl (C=O) groups is 2. The minimum atomic E-state index is -0.220. The summed E-state index contributed by atoms with van der Waals surface area (Å²) in [5.41, 5.74) is 2.86. The van der Waals surface area contributed by atoms with Crippen LogP contribution in [-0.4, -0.2) is 55.5 Å². The van der Waals surface area contributed by atoms with Crippen LogP contribution < -0.4 is 10.6 Å². The Bertz CT molecular complexity index is 799. The largest absolute Gasteiger partial charge is 0.349 e. The molecule has 29 heavy (non-hydrogen) atoms. The topological polar surface area (TPSA) is 64.7 Å². The van der Waals surface area contributed by atoms with Gasteiger partial charge in [-0.1, -0.05) is 42.5 Å². The number of likely N-dealkylation sites (tertiary alicyclic amines) is 1. The van der Waals surface area contributed by atoms with Gasteiger partial charge in [-0.15, -0.1) is 0 Å². The molecule has 1 aliphatic heterocycles. The van der Waals surface area contributed by atoms with Gasteiger partial charge in [-0.2, -0.15) is 0 Å². The predicted molar refractivity (Wildman–Crippen MR) is 116 cm³/mol. The molecule has 3 amide bonds. The molecule has 0 bridgehead atoms. The number of nitrogens with zero attached hydrogens (tertiary/aromatic N) is 2. The van der Waals surface area contributed by atoms with Gasteiger partial charge in [-0.05, 0) is 49.2 Å². The van der Waals surface area contributed by atoms with E-state index in [1.54, 1.807) is 19.0 Å². The van der Waals surface area contributed by atoms with Crippen LogP contribution in [0.2, 0.25) is 0 Å². The number of rotatable bonds is 7. The molecule has 0 aromatic heterocycles. The van der Waals surface area contributed by atoms with Crippen molar-refractivity contribution in [1.82, 2.24) is 15.1 Å². The van der Waals surface area contributed by atoms with Crippen LogP contribution in [0.3, 0.4) is 0 Å². The van der Waals surface area contributed by atoms with E-state index in [0.717, 1.165) is 18.7 Å². The molecule has 1 heterocycles. The summed E-state index contributed by atoms with van der Waals surface area (Å²) in [5.74, 6) is 0.0531. The smallest absolute Gasteiger partial charge is 0.319 e. The second-order valence-corrected chi connectivity index (χ2v) is 7.67. The van der Waals surface area contributed by atoms with Crippen molar-refractivity contribution in [3.05, 3.63) is 65.7 Å². The van der Waals surface area contributed by atoms with Crippen molar-refractivity contribution in [3.63, 3.8) is 0 Å². The van der Waals surface area contributed by atoms with Gasteiger partial charge in [0.15, 0.2) is 0 Å². The highest BCUT2D eigenvalue weighted by molar-refractivity contribution is 5.89. The lowest BCUT2D eigenvalue weighted by Crippen LogP contribution is -2.38. The maximum atomic E-state index is 12.4. The standard InChI is InChI=1S/C23H30N4O2/c1-26(2)22(28)16-18-10-12-20(13-11-18)25-23(29)24-17-21(27-14-6-7-15-27)19-8-4-3-5-9-19/h3-5,8-13,21H,6-7,14-17H2,1-2H3,(H2,24,25,29). The summed E-state index contributed by atoms with van der Waals surface area (Å²) in [6.45, 7) is 2.69. The molecule has 0 radical (unpaired) electrons. The van der Waals surface area contributed by atoms with Gasteiger partial charge in [0.2, 0.25) is 5.91 Å². The Morgan fingerprint density at radius 1 is 1.00 bits per heavy atom. The van der Waals surface area contributed by atoms with Crippen LogP contribution >= 0.6 is 0 Å². The van der Waals surface area contributed by atoms with Crippen molar-refractivity contribution in [2.24, 2.45) is 0 Å². The van der Waals surface area contributed by atoms with Crippen LogP contribution in [0.5, 0.6) is 0 Å². The molecule has 1 aliphatic rings. The minimum Gasteiger partial charge on any atom is -0.349 e. The molecule has 1 unspecified atom stereocenters. The quantitative estimate of drug-likeness (QED) is 0.758. The van der Waals surface area contributed by atoms with Crippen molar-refractivity contribution >= 4 is 17.6 Å². The maximum absolute atomic E-state index is 12.4. The van der Waals surface area contributed by atoms with Gasteiger partial charge in [0.25, 0.3) is 0 Å². The highest BCUT2D eigenvalue weighted by Crippen LogP contribution is 2.24. The molecule has 1 saturated heterocycles. The Hall–Kier alpha value is -2.86. The van der Waals surface area contributed by atoms with E-state index < -0.39 is 0 Å². The fourth-order valence-electron chi connectivity index (χ4n) is 3.59. The van der Waals surface area contributed by atoms with Crippen molar-refractivity contribution < 1.29 is 9.59 Å². The summed E-state index contributed by atoms with van der Waals surface area (Å²) in [4.78, 5) is 28.2. The second-order valence-electron chi connectivity index (χ2n) is 7.67. The summed E-state index contributed by atoms with van der Waals surface area (Å²) < 4.78 is 0.